The van der Waals surface area contributed by atoms with Crippen molar-refractivity contribution < 1.29 is 28.6 Å². The van der Waals surface area contributed by atoms with Gasteiger partial charge in [-0.3, -0.25) is 14.4 Å². The molecule has 6 heteroatoms. The Balaban J connectivity index is 4.46. The van der Waals surface area contributed by atoms with E-state index in [1.807, 2.05) is 0 Å². The van der Waals surface area contributed by atoms with Crippen molar-refractivity contribution >= 4 is 17.9 Å². The molecule has 0 N–H and O–H groups in total. The monoisotopic (exact) mass is 913 g/mol. The Bertz CT molecular complexity index is 1420. The Morgan fingerprint density at radius 3 is 1.02 bits per heavy atom. The molecule has 0 radical (unpaired) electrons. The van der Waals surface area contributed by atoms with Crippen molar-refractivity contribution in [2.24, 2.45) is 0 Å². The first kappa shape index (κ1) is 61.8. The first-order valence-corrected chi connectivity index (χ1v) is 26.6. The molecule has 0 amide bonds. The number of rotatable bonds is 46. The smallest absolute Gasteiger partial charge is 0.306 e. The van der Waals surface area contributed by atoms with E-state index in [1.54, 1.807) is 0 Å². The molecule has 1 unspecified atom stereocenters. The van der Waals surface area contributed by atoms with E-state index in [2.05, 4.69) is 142 Å². The molecule has 0 heterocycles. The van der Waals surface area contributed by atoms with Gasteiger partial charge in [-0.25, -0.2) is 0 Å². The Labute approximate surface area is 405 Å². The van der Waals surface area contributed by atoms with Crippen LogP contribution in [0.2, 0.25) is 0 Å². The number of hydrogen-bond acceptors (Lipinski definition) is 6. The van der Waals surface area contributed by atoms with Crippen LogP contribution in [0.4, 0.5) is 0 Å². The molecule has 6 nitrogen and oxygen atoms in total. The molecule has 66 heavy (non-hydrogen) atoms. The highest BCUT2D eigenvalue weighted by atomic mass is 16.6. The van der Waals surface area contributed by atoms with Crippen LogP contribution in [-0.2, 0) is 28.6 Å². The molecule has 0 spiro atoms. The quantitative estimate of drug-likeness (QED) is 0.0199. The Morgan fingerprint density at radius 1 is 0.318 bits per heavy atom. The van der Waals surface area contributed by atoms with Gasteiger partial charge in [-0.1, -0.05) is 213 Å². The Kier molecular flexibility index (Phi) is 50.0. The number of ether oxygens (including phenoxy) is 3. The number of hydrogen-bond donors (Lipinski definition) is 0. The molecule has 0 bridgehead atoms. The Hall–Kier alpha value is -4.19. The SMILES string of the molecule is CC/C=C/C=C/C=C/CCCCCCCC(=O)OCC(COC(=O)CCCCCCCC/C=C/C/C=C/C/C=C/C/C=C/CC)OC(=O)CCCCCCCC/C=C/C/C=C/C/C=C/CC. The van der Waals surface area contributed by atoms with E-state index in [0.29, 0.717) is 19.3 Å². The first-order valence-electron chi connectivity index (χ1n) is 26.6. The van der Waals surface area contributed by atoms with E-state index in [0.717, 1.165) is 154 Å². The normalized spacial score (nSPS) is 13.1. The first-order chi connectivity index (χ1) is 32.5. The molecule has 0 aromatic heterocycles. The van der Waals surface area contributed by atoms with E-state index in [-0.39, 0.29) is 31.1 Å². The molecular formula is C60H96O6. The van der Waals surface area contributed by atoms with Gasteiger partial charge in [-0.2, -0.15) is 0 Å². The van der Waals surface area contributed by atoms with Gasteiger partial charge in [0.25, 0.3) is 0 Å². The summed E-state index contributed by atoms with van der Waals surface area (Å²) in [4.78, 5) is 38.1. The van der Waals surface area contributed by atoms with Crippen LogP contribution < -0.4 is 0 Å². The van der Waals surface area contributed by atoms with Gasteiger partial charge in [-0.05, 0) is 109 Å². The van der Waals surface area contributed by atoms with Gasteiger partial charge in [0.15, 0.2) is 6.10 Å². The summed E-state index contributed by atoms with van der Waals surface area (Å²) in [5, 5.41) is 0. The molecule has 372 valence electrons. The van der Waals surface area contributed by atoms with E-state index in [4.69, 9.17) is 14.2 Å². The summed E-state index contributed by atoms with van der Waals surface area (Å²) < 4.78 is 16.8. The van der Waals surface area contributed by atoms with Gasteiger partial charge < -0.3 is 14.2 Å². The molecule has 0 saturated heterocycles. The van der Waals surface area contributed by atoms with Crippen molar-refractivity contribution in [2.45, 2.75) is 226 Å². The maximum absolute atomic E-state index is 12.8. The van der Waals surface area contributed by atoms with Crippen LogP contribution in [0.25, 0.3) is 0 Å². The van der Waals surface area contributed by atoms with Crippen molar-refractivity contribution in [3.63, 3.8) is 0 Å². The summed E-state index contributed by atoms with van der Waals surface area (Å²) in [6.45, 7) is 6.23. The predicted octanol–water partition coefficient (Wildman–Crippen LogP) is 17.7. The highest BCUT2D eigenvalue weighted by Crippen LogP contribution is 2.13. The second kappa shape index (κ2) is 53.4. The number of esters is 3. The number of unbranched alkanes of at least 4 members (excludes halogenated alkanes) is 17. The molecule has 0 aromatic carbocycles. The molecule has 1 atom stereocenters. The summed E-state index contributed by atoms with van der Waals surface area (Å²) in [6.07, 6.45) is 73.2. The molecule has 0 aliphatic carbocycles. The molecule has 0 aliphatic rings. The third-order valence-corrected chi connectivity index (χ3v) is 10.8. The van der Waals surface area contributed by atoms with Crippen LogP contribution in [0.3, 0.4) is 0 Å². The number of carbonyl (C=O) groups excluding carboxylic acids is 3. The van der Waals surface area contributed by atoms with Gasteiger partial charge in [0.05, 0.1) is 0 Å². The summed E-state index contributed by atoms with van der Waals surface area (Å²) in [5.41, 5.74) is 0. The van der Waals surface area contributed by atoms with Crippen LogP contribution in [-0.4, -0.2) is 37.2 Å². The highest BCUT2D eigenvalue weighted by Gasteiger charge is 2.19. The summed E-state index contributed by atoms with van der Waals surface area (Å²) in [5.74, 6) is -0.954. The third-order valence-electron chi connectivity index (χ3n) is 10.8. The largest absolute Gasteiger partial charge is 0.462 e. The molecule has 0 rings (SSSR count). The molecule has 0 aromatic rings. The third kappa shape index (κ3) is 50.8. The maximum Gasteiger partial charge on any atom is 0.306 e. The average Bonchev–Trinajstić information content (AvgIpc) is 3.31. The lowest BCUT2D eigenvalue weighted by atomic mass is 10.1. The van der Waals surface area contributed by atoms with Crippen LogP contribution in [0.5, 0.6) is 0 Å². The molecule has 0 aliphatic heterocycles. The van der Waals surface area contributed by atoms with Crippen molar-refractivity contribution in [1.29, 1.82) is 0 Å². The van der Waals surface area contributed by atoms with E-state index in [9.17, 15) is 14.4 Å². The zero-order chi connectivity index (χ0) is 47.9. The van der Waals surface area contributed by atoms with Crippen molar-refractivity contribution in [3.05, 3.63) is 122 Å². The number of allylic oxidation sites excluding steroid dienone is 20. The molecule has 0 saturated carbocycles. The van der Waals surface area contributed by atoms with Gasteiger partial charge in [0, 0.05) is 19.3 Å². The maximum atomic E-state index is 12.8. The minimum Gasteiger partial charge on any atom is -0.462 e. The summed E-state index contributed by atoms with van der Waals surface area (Å²) in [6, 6.07) is 0. The lowest BCUT2D eigenvalue weighted by Gasteiger charge is -2.18. The van der Waals surface area contributed by atoms with Crippen molar-refractivity contribution in [3.8, 4) is 0 Å². The standard InChI is InChI=1S/C60H96O6/c1-4-7-10-13-16-19-22-25-27-29-30-31-33-35-38-41-44-47-50-53-59(62)65-56-57(55-64-58(61)52-49-46-43-40-37-34-24-21-18-15-12-9-6-3)66-60(63)54-51-48-45-42-39-36-32-28-26-23-20-17-14-11-8-5-2/h7-12,15-21,24-28,30-31,57H,4-6,13-14,22-23,29,32-56H2,1-3H3/b10-7+,11-8+,12-9+,18-15+,19-16+,20-17+,24-21+,27-25+,28-26+,31-30+. The zero-order valence-corrected chi connectivity index (χ0v) is 42.4. The molecular weight excluding hydrogens is 817 g/mol. The topological polar surface area (TPSA) is 78.9 Å². The van der Waals surface area contributed by atoms with Crippen molar-refractivity contribution in [1.82, 2.24) is 0 Å². The summed E-state index contributed by atoms with van der Waals surface area (Å²) >= 11 is 0. The average molecular weight is 913 g/mol. The minimum absolute atomic E-state index is 0.101. The fourth-order valence-corrected chi connectivity index (χ4v) is 6.86. The van der Waals surface area contributed by atoms with Crippen molar-refractivity contribution in [2.75, 3.05) is 13.2 Å². The highest BCUT2D eigenvalue weighted by molar-refractivity contribution is 5.71. The fourth-order valence-electron chi connectivity index (χ4n) is 6.86. The van der Waals surface area contributed by atoms with Crippen LogP contribution in [0.15, 0.2) is 122 Å². The lowest BCUT2D eigenvalue weighted by molar-refractivity contribution is -0.167. The van der Waals surface area contributed by atoms with Gasteiger partial charge in [0.1, 0.15) is 13.2 Å². The van der Waals surface area contributed by atoms with Gasteiger partial charge in [-0.15, -0.1) is 0 Å². The van der Waals surface area contributed by atoms with Gasteiger partial charge >= 0.3 is 17.9 Å². The zero-order valence-electron chi connectivity index (χ0n) is 42.4. The van der Waals surface area contributed by atoms with E-state index < -0.39 is 6.10 Å². The van der Waals surface area contributed by atoms with E-state index in [1.165, 1.54) is 25.7 Å². The Morgan fingerprint density at radius 2 is 0.621 bits per heavy atom. The van der Waals surface area contributed by atoms with Crippen LogP contribution in [0.1, 0.15) is 220 Å². The summed E-state index contributed by atoms with van der Waals surface area (Å²) in [7, 11) is 0. The van der Waals surface area contributed by atoms with E-state index >= 15 is 0 Å². The van der Waals surface area contributed by atoms with Gasteiger partial charge in [0.2, 0.25) is 0 Å². The lowest BCUT2D eigenvalue weighted by Crippen LogP contribution is -2.30. The number of carbonyl (C=O) groups is 3. The van der Waals surface area contributed by atoms with Crippen LogP contribution in [0, 0.1) is 0 Å². The fraction of sp³-hybridized carbons (Fsp3) is 0.617. The predicted molar refractivity (Wildman–Crippen MR) is 283 cm³/mol. The second-order valence-electron chi connectivity index (χ2n) is 17.0. The second-order valence-corrected chi connectivity index (χ2v) is 17.0. The molecule has 0 fully saturated rings. The van der Waals surface area contributed by atoms with Crippen LogP contribution >= 0.6 is 0 Å². The minimum atomic E-state index is -0.803.